The first-order valence-corrected chi connectivity index (χ1v) is 10.3. The molecule has 1 heterocycles. The summed E-state index contributed by atoms with van der Waals surface area (Å²) in [5.74, 6) is 0.0257. The van der Waals surface area contributed by atoms with Crippen molar-refractivity contribution in [3.8, 4) is 11.1 Å². The Labute approximate surface area is 180 Å². The Balaban J connectivity index is 1.30. The summed E-state index contributed by atoms with van der Waals surface area (Å²) >= 11 is 0. The average Bonchev–Trinajstić information content (AvgIpc) is 3.45. The molecule has 0 saturated heterocycles. The van der Waals surface area contributed by atoms with Crippen molar-refractivity contribution in [3.05, 3.63) is 107 Å². The molecule has 6 nitrogen and oxygen atoms in total. The monoisotopic (exact) mass is 410 g/mol. The van der Waals surface area contributed by atoms with E-state index in [0.29, 0.717) is 12.1 Å². The van der Waals surface area contributed by atoms with Crippen LogP contribution < -0.4 is 5.32 Å². The normalized spacial score (nSPS) is 13.3. The van der Waals surface area contributed by atoms with Gasteiger partial charge in [0.2, 0.25) is 0 Å². The second kappa shape index (κ2) is 8.44. The van der Waals surface area contributed by atoms with Gasteiger partial charge in [-0.2, -0.15) is 0 Å². The number of alkyl carbamates (subject to hydrolysis) is 1. The number of hydrogen-bond donors (Lipinski definition) is 2. The summed E-state index contributed by atoms with van der Waals surface area (Å²) in [5, 5.41) is 13.5. The molecule has 0 radical (unpaired) electrons. The van der Waals surface area contributed by atoms with Crippen molar-refractivity contribution in [2.45, 2.75) is 18.4 Å². The molecule has 5 rings (SSSR count). The maximum absolute atomic E-state index is 12.7. The van der Waals surface area contributed by atoms with Crippen molar-refractivity contribution in [2.75, 3.05) is 6.61 Å². The third kappa shape index (κ3) is 3.92. The number of fused-ring (bicyclic) bond motifs is 3. The lowest BCUT2D eigenvalue weighted by Crippen LogP contribution is -2.31. The molecule has 1 aliphatic carbocycles. The molecule has 4 aromatic rings. The summed E-state index contributed by atoms with van der Waals surface area (Å²) in [6.45, 7) is 0.275. The Kier molecular flexibility index (Phi) is 5.19. The fourth-order valence-corrected chi connectivity index (χ4v) is 4.24. The molecular weight excluding hydrogens is 388 g/mol. The summed E-state index contributed by atoms with van der Waals surface area (Å²) in [7, 11) is 0. The number of amides is 1. The second-order valence-corrected chi connectivity index (χ2v) is 7.61. The van der Waals surface area contributed by atoms with Gasteiger partial charge in [0.15, 0.2) is 0 Å². The minimum absolute atomic E-state index is 0.0257. The fourth-order valence-electron chi connectivity index (χ4n) is 4.24. The zero-order chi connectivity index (χ0) is 21.0. The zero-order valence-electron chi connectivity index (χ0n) is 16.9. The number of nitrogens with zero attached hydrogens (tertiary/aromatic N) is 2. The number of hydrogen-bond acceptors (Lipinski definition) is 4. The fraction of sp³-hybridized carbons (Fsp3) is 0.160. The lowest BCUT2D eigenvalue weighted by Gasteiger charge is -2.18. The van der Waals surface area contributed by atoms with Crippen LogP contribution in [0.2, 0.25) is 0 Å². The molecule has 31 heavy (non-hydrogen) atoms. The van der Waals surface area contributed by atoms with Crippen LogP contribution in [0.25, 0.3) is 11.1 Å². The predicted octanol–water partition coefficient (Wildman–Crippen LogP) is 4.63. The van der Waals surface area contributed by atoms with Gasteiger partial charge in [0.1, 0.15) is 12.3 Å². The molecule has 6 heteroatoms. The van der Waals surface area contributed by atoms with Gasteiger partial charge in [0.05, 0.1) is 6.04 Å². The Bertz CT molecular complexity index is 1130. The molecule has 154 valence electrons. The summed E-state index contributed by atoms with van der Waals surface area (Å²) in [4.78, 5) is 12.7. The van der Waals surface area contributed by atoms with Crippen molar-refractivity contribution in [1.82, 2.24) is 20.7 Å². The molecule has 0 saturated carbocycles. The highest BCUT2D eigenvalue weighted by Gasteiger charge is 2.29. The molecule has 1 amide bonds. The average molecular weight is 410 g/mol. The first-order valence-electron chi connectivity index (χ1n) is 10.3. The van der Waals surface area contributed by atoms with E-state index in [1.165, 1.54) is 22.3 Å². The highest BCUT2D eigenvalue weighted by atomic mass is 16.5. The number of rotatable bonds is 6. The summed E-state index contributed by atoms with van der Waals surface area (Å²) < 4.78 is 5.70. The van der Waals surface area contributed by atoms with E-state index >= 15 is 0 Å². The van der Waals surface area contributed by atoms with Crippen LogP contribution in [0, 0.1) is 0 Å². The lowest BCUT2D eigenvalue weighted by atomic mass is 9.98. The molecule has 3 aromatic carbocycles. The number of benzene rings is 3. The molecule has 1 atom stereocenters. The molecule has 0 fully saturated rings. The smallest absolute Gasteiger partial charge is 0.407 e. The lowest BCUT2D eigenvalue weighted by molar-refractivity contribution is 0.138. The Morgan fingerprint density at radius 1 is 0.935 bits per heavy atom. The SMILES string of the molecule is O=C(N[C@@H](Cc1ccccc1)c1c[nH]nn1)OCC1c2ccccc2-c2ccccc21. The van der Waals surface area contributed by atoms with E-state index in [4.69, 9.17) is 4.74 Å². The van der Waals surface area contributed by atoms with Crippen LogP contribution in [0.15, 0.2) is 85.1 Å². The van der Waals surface area contributed by atoms with E-state index in [1.807, 2.05) is 54.6 Å². The summed E-state index contributed by atoms with van der Waals surface area (Å²) in [6.07, 6.45) is 1.82. The van der Waals surface area contributed by atoms with Gasteiger partial charge in [-0.15, -0.1) is 5.10 Å². The highest BCUT2D eigenvalue weighted by molar-refractivity contribution is 5.79. The third-order valence-corrected chi connectivity index (χ3v) is 5.71. The van der Waals surface area contributed by atoms with Gasteiger partial charge in [-0.05, 0) is 34.2 Å². The van der Waals surface area contributed by atoms with Crippen molar-refractivity contribution in [2.24, 2.45) is 0 Å². The number of aromatic nitrogens is 3. The minimum Gasteiger partial charge on any atom is -0.449 e. The highest BCUT2D eigenvalue weighted by Crippen LogP contribution is 2.44. The largest absolute Gasteiger partial charge is 0.449 e. The Morgan fingerprint density at radius 3 is 2.23 bits per heavy atom. The van der Waals surface area contributed by atoms with Crippen molar-refractivity contribution < 1.29 is 9.53 Å². The maximum atomic E-state index is 12.7. The predicted molar refractivity (Wildman–Crippen MR) is 117 cm³/mol. The van der Waals surface area contributed by atoms with E-state index < -0.39 is 6.09 Å². The molecule has 0 unspecified atom stereocenters. The zero-order valence-corrected chi connectivity index (χ0v) is 16.9. The Morgan fingerprint density at radius 2 is 1.58 bits per heavy atom. The molecule has 0 aliphatic heterocycles. The van der Waals surface area contributed by atoms with Gasteiger partial charge in [-0.1, -0.05) is 84.1 Å². The Hall–Kier alpha value is -3.93. The number of ether oxygens (including phenoxy) is 1. The van der Waals surface area contributed by atoms with Crippen molar-refractivity contribution >= 4 is 6.09 Å². The van der Waals surface area contributed by atoms with E-state index in [2.05, 4.69) is 45.0 Å². The summed E-state index contributed by atoms with van der Waals surface area (Å²) in [6, 6.07) is 26.2. The minimum atomic E-state index is -0.467. The molecule has 0 spiro atoms. The first-order chi connectivity index (χ1) is 15.3. The van der Waals surface area contributed by atoms with E-state index in [1.54, 1.807) is 6.20 Å². The van der Waals surface area contributed by atoms with Crippen LogP contribution in [0.5, 0.6) is 0 Å². The van der Waals surface area contributed by atoms with Crippen LogP contribution in [-0.4, -0.2) is 28.1 Å². The second-order valence-electron chi connectivity index (χ2n) is 7.61. The van der Waals surface area contributed by atoms with E-state index in [9.17, 15) is 4.79 Å². The first kappa shape index (κ1) is 19.1. The third-order valence-electron chi connectivity index (χ3n) is 5.71. The van der Waals surface area contributed by atoms with Gasteiger partial charge in [-0.3, -0.25) is 5.10 Å². The van der Waals surface area contributed by atoms with Gasteiger partial charge < -0.3 is 10.1 Å². The van der Waals surface area contributed by atoms with Gasteiger partial charge in [-0.25, -0.2) is 4.79 Å². The quantitative estimate of drug-likeness (QED) is 0.486. The summed E-state index contributed by atoms with van der Waals surface area (Å²) in [5.41, 5.74) is 6.54. The van der Waals surface area contributed by atoms with Crippen LogP contribution in [-0.2, 0) is 11.2 Å². The molecule has 2 N–H and O–H groups in total. The van der Waals surface area contributed by atoms with Crippen molar-refractivity contribution in [1.29, 1.82) is 0 Å². The number of nitrogens with one attached hydrogen (secondary N) is 2. The van der Waals surface area contributed by atoms with Gasteiger partial charge >= 0.3 is 6.09 Å². The van der Waals surface area contributed by atoms with Crippen LogP contribution in [0.4, 0.5) is 4.79 Å². The molecular formula is C25H22N4O2. The van der Waals surface area contributed by atoms with E-state index in [0.717, 1.165) is 5.56 Å². The standard InChI is InChI=1S/C25H22N4O2/c30-25(27-23(24-15-26-29-28-24)14-17-8-2-1-3-9-17)31-16-22-20-12-6-4-10-18(20)19-11-5-7-13-21(19)22/h1-13,15,22-23H,14,16H2,(H,27,30)(H,26,28,29)/t23-/m0/s1. The van der Waals surface area contributed by atoms with Gasteiger partial charge in [0.25, 0.3) is 0 Å². The number of H-pyrrole nitrogens is 1. The number of carbonyl (C=O) groups excluding carboxylic acids is 1. The van der Waals surface area contributed by atoms with Crippen LogP contribution in [0.3, 0.4) is 0 Å². The topological polar surface area (TPSA) is 79.9 Å². The van der Waals surface area contributed by atoms with Crippen molar-refractivity contribution in [3.63, 3.8) is 0 Å². The molecule has 1 aliphatic rings. The van der Waals surface area contributed by atoms with Crippen LogP contribution >= 0.6 is 0 Å². The van der Waals surface area contributed by atoms with E-state index in [-0.39, 0.29) is 18.6 Å². The molecule has 0 bridgehead atoms. The number of carbonyl (C=O) groups is 1. The van der Waals surface area contributed by atoms with Crippen LogP contribution in [0.1, 0.15) is 34.3 Å². The number of aromatic amines is 1. The maximum Gasteiger partial charge on any atom is 0.407 e. The molecule has 1 aromatic heterocycles. The van der Waals surface area contributed by atoms with Gasteiger partial charge in [0, 0.05) is 12.1 Å².